The van der Waals surface area contributed by atoms with Crippen LogP contribution in [0.4, 0.5) is 4.79 Å². The lowest BCUT2D eigenvalue weighted by molar-refractivity contribution is -0.144. The van der Waals surface area contributed by atoms with Gasteiger partial charge in [0.1, 0.15) is 36.6 Å². The third-order valence-corrected chi connectivity index (χ3v) is 8.19. The van der Waals surface area contributed by atoms with Crippen molar-refractivity contribution in [2.75, 3.05) is 13.2 Å². The molecular formula is C33H49N9O9. The summed E-state index contributed by atoms with van der Waals surface area (Å²) < 4.78 is 4.96. The number of nitrogens with one attached hydrogen (secondary N) is 5. The first-order valence-corrected chi connectivity index (χ1v) is 16.6. The highest BCUT2D eigenvalue weighted by Crippen LogP contribution is 2.27. The van der Waals surface area contributed by atoms with Gasteiger partial charge in [-0.1, -0.05) is 56.2 Å². The molecule has 0 saturated heterocycles. The Morgan fingerprint density at radius 1 is 0.882 bits per heavy atom. The van der Waals surface area contributed by atoms with Gasteiger partial charge in [-0.05, 0) is 43.6 Å². The molecule has 2 rings (SSSR count). The van der Waals surface area contributed by atoms with Crippen molar-refractivity contribution >= 4 is 47.5 Å². The molecule has 18 nitrogen and oxygen atoms in total. The van der Waals surface area contributed by atoms with Crippen LogP contribution in [0.25, 0.3) is 0 Å². The molecule has 0 bridgehead atoms. The van der Waals surface area contributed by atoms with Gasteiger partial charge in [-0.15, -0.1) is 0 Å². The van der Waals surface area contributed by atoms with E-state index in [4.69, 9.17) is 27.3 Å². The van der Waals surface area contributed by atoms with Gasteiger partial charge >= 0.3 is 18.0 Å². The van der Waals surface area contributed by atoms with Crippen molar-refractivity contribution in [3.05, 3.63) is 48.0 Å². The van der Waals surface area contributed by atoms with Crippen LogP contribution in [0.2, 0.25) is 0 Å². The Morgan fingerprint density at radius 2 is 1.47 bits per heavy atom. The fourth-order valence-electron chi connectivity index (χ4n) is 5.54. The minimum Gasteiger partial charge on any atom is -0.481 e. The maximum absolute atomic E-state index is 13.7. The average Bonchev–Trinajstić information content (AvgIpc) is 3.08. The number of amides is 4. The van der Waals surface area contributed by atoms with E-state index < -0.39 is 72.8 Å². The summed E-state index contributed by atoms with van der Waals surface area (Å²) in [6.45, 7) is 3.40. The summed E-state index contributed by atoms with van der Waals surface area (Å²) in [7, 11) is 0. The van der Waals surface area contributed by atoms with E-state index in [1.165, 1.54) is 6.08 Å². The summed E-state index contributed by atoms with van der Waals surface area (Å²) in [4.78, 5) is 80.8. The summed E-state index contributed by atoms with van der Waals surface area (Å²) in [6, 6.07) is 0.955. The van der Waals surface area contributed by atoms with Gasteiger partial charge in [0.2, 0.25) is 17.7 Å². The van der Waals surface area contributed by atoms with E-state index in [2.05, 4.69) is 32.8 Å². The van der Waals surface area contributed by atoms with E-state index in [-0.39, 0.29) is 50.1 Å². The number of benzene rings is 1. The van der Waals surface area contributed by atoms with Gasteiger partial charge in [0.25, 0.3) is 0 Å². The predicted molar refractivity (Wildman–Crippen MR) is 186 cm³/mol. The molecule has 1 saturated carbocycles. The zero-order valence-corrected chi connectivity index (χ0v) is 28.4. The highest BCUT2D eigenvalue weighted by atomic mass is 16.5. The van der Waals surface area contributed by atoms with E-state index in [0.717, 1.165) is 19.3 Å². The molecule has 0 heterocycles. The van der Waals surface area contributed by atoms with Gasteiger partial charge in [0.15, 0.2) is 5.96 Å². The monoisotopic (exact) mass is 715 g/mol. The molecule has 1 aliphatic rings. The Bertz CT molecular complexity index is 1420. The number of guanidine groups is 1. The van der Waals surface area contributed by atoms with Crippen molar-refractivity contribution in [1.82, 2.24) is 21.3 Å². The summed E-state index contributed by atoms with van der Waals surface area (Å²) in [5, 5.41) is 36.9. The van der Waals surface area contributed by atoms with Crippen molar-refractivity contribution in [2.45, 2.75) is 88.4 Å². The molecule has 0 aliphatic heterocycles. The second-order valence-corrected chi connectivity index (χ2v) is 12.1. The first-order chi connectivity index (χ1) is 24.2. The number of rotatable bonds is 21. The normalized spacial score (nSPS) is 15.1. The number of ether oxygens (including phenoxy) is 1. The first kappa shape index (κ1) is 41.5. The van der Waals surface area contributed by atoms with Crippen LogP contribution in [-0.2, 0) is 35.1 Å². The lowest BCUT2D eigenvalue weighted by Gasteiger charge is -2.30. The van der Waals surface area contributed by atoms with Gasteiger partial charge in [-0.3, -0.25) is 29.6 Å². The quantitative estimate of drug-likeness (QED) is 0.0343. The summed E-state index contributed by atoms with van der Waals surface area (Å²) in [5.41, 5.74) is 17.3. The Kier molecular flexibility index (Phi) is 17.4. The minimum absolute atomic E-state index is 0.0272. The summed E-state index contributed by atoms with van der Waals surface area (Å²) in [6.07, 6.45) is 3.30. The molecule has 4 amide bonds. The minimum atomic E-state index is -1.50. The van der Waals surface area contributed by atoms with Crippen LogP contribution in [-0.4, -0.2) is 95.1 Å². The van der Waals surface area contributed by atoms with Crippen LogP contribution in [0.1, 0.15) is 68.9 Å². The van der Waals surface area contributed by atoms with Crippen molar-refractivity contribution in [3.63, 3.8) is 0 Å². The average molecular weight is 716 g/mol. The molecule has 13 N–H and O–H groups in total. The van der Waals surface area contributed by atoms with Crippen LogP contribution in [0.5, 0.6) is 0 Å². The van der Waals surface area contributed by atoms with Gasteiger partial charge in [0, 0.05) is 24.9 Å². The maximum Gasteiger partial charge on any atom is 0.408 e. The molecule has 0 spiro atoms. The van der Waals surface area contributed by atoms with E-state index in [9.17, 15) is 39.0 Å². The fourth-order valence-corrected chi connectivity index (χ4v) is 5.54. The number of aliphatic carboxylic acids is 2. The first-order valence-electron chi connectivity index (χ1n) is 16.6. The number of carboxylic acid groups (broad SMARTS) is 2. The van der Waals surface area contributed by atoms with E-state index in [1.807, 2.05) is 0 Å². The molecule has 1 unspecified atom stereocenters. The third kappa shape index (κ3) is 15.2. The number of hydrogen-bond acceptors (Lipinski definition) is 9. The number of amidine groups is 1. The molecule has 1 fully saturated rings. The smallest absolute Gasteiger partial charge is 0.408 e. The second kappa shape index (κ2) is 21.4. The maximum atomic E-state index is 13.7. The Labute approximate surface area is 295 Å². The fraction of sp³-hybridized carbons (Fsp3) is 0.515. The van der Waals surface area contributed by atoms with Gasteiger partial charge in [-0.25, -0.2) is 9.59 Å². The lowest BCUT2D eigenvalue weighted by atomic mass is 9.83. The number of aliphatic imine (C=N–C) groups is 1. The topological polar surface area (TPSA) is 314 Å². The Hall–Kier alpha value is -5.68. The van der Waals surface area contributed by atoms with Crippen LogP contribution in [0, 0.1) is 11.3 Å². The van der Waals surface area contributed by atoms with E-state index >= 15 is 0 Å². The van der Waals surface area contributed by atoms with Crippen molar-refractivity contribution in [1.29, 1.82) is 5.41 Å². The number of nitrogens with zero attached hydrogens (tertiary/aromatic N) is 1. The number of nitrogen functional groups attached to an aromatic ring is 1. The lowest BCUT2D eigenvalue weighted by Crippen LogP contribution is -2.58. The number of hydrogen-bond donors (Lipinski definition) is 10. The predicted octanol–water partition coefficient (Wildman–Crippen LogP) is -0.168. The standard InChI is InChI=1S/C33H49N9O9/c1-2-17-51-33(50)41-24(18-19-10-12-21(13-11-19)27(34)35)30(47)40-23(14-15-25(43)44)28(45)39-22(9-6-16-38-32(36)37)29(46)42-26(31(48)49)20-7-4-3-5-8-20/h2,10-13,20,22-24,26H,1,3-9,14-18H2,(H3,34,35)(H,39,45)(H,40,47)(H,41,50)(H,42,46)(H,43,44)(H,48,49)(H4,36,37,38)/t22-,23-,24?,26-/m0/s1. The van der Waals surface area contributed by atoms with Crippen LogP contribution < -0.4 is 38.5 Å². The number of carboxylic acids is 2. The number of carbonyl (C=O) groups is 6. The largest absolute Gasteiger partial charge is 0.481 e. The van der Waals surface area contributed by atoms with Crippen LogP contribution in [0.3, 0.4) is 0 Å². The zero-order chi connectivity index (χ0) is 37.9. The van der Waals surface area contributed by atoms with Crippen molar-refractivity contribution in [2.24, 2.45) is 28.1 Å². The van der Waals surface area contributed by atoms with Crippen LogP contribution in [0.15, 0.2) is 41.9 Å². The summed E-state index contributed by atoms with van der Waals surface area (Å²) >= 11 is 0. The molecule has 4 atom stereocenters. The van der Waals surface area contributed by atoms with Gasteiger partial charge in [0.05, 0.1) is 0 Å². The second-order valence-electron chi connectivity index (χ2n) is 12.1. The highest BCUT2D eigenvalue weighted by molar-refractivity contribution is 5.96. The number of nitrogens with two attached hydrogens (primary N) is 3. The molecule has 51 heavy (non-hydrogen) atoms. The van der Waals surface area contributed by atoms with Gasteiger partial charge < -0.3 is 53.4 Å². The molecule has 280 valence electrons. The van der Waals surface area contributed by atoms with Crippen LogP contribution >= 0.6 is 0 Å². The highest BCUT2D eigenvalue weighted by Gasteiger charge is 2.35. The third-order valence-electron chi connectivity index (χ3n) is 8.19. The van der Waals surface area contributed by atoms with Crippen molar-refractivity contribution in [3.8, 4) is 0 Å². The SMILES string of the molecule is C=CCOC(=O)NC(Cc1ccc(C(=N)N)cc1)C(=O)N[C@@H](CCC(=O)O)C(=O)N[C@@H](CCCN=C(N)N)C(=O)N[C@H](C(=O)O)C1CCCCC1. The van der Waals surface area contributed by atoms with Gasteiger partial charge in [-0.2, -0.15) is 0 Å². The van der Waals surface area contributed by atoms with E-state index in [1.54, 1.807) is 24.3 Å². The molecule has 1 aromatic rings. The molecule has 1 aliphatic carbocycles. The Morgan fingerprint density at radius 3 is 2.02 bits per heavy atom. The summed E-state index contributed by atoms with van der Waals surface area (Å²) in [5.74, 6) is -5.73. The molecule has 1 aromatic carbocycles. The van der Waals surface area contributed by atoms with E-state index in [0.29, 0.717) is 24.0 Å². The zero-order valence-electron chi connectivity index (χ0n) is 28.4. The number of alkyl carbamates (subject to hydrolysis) is 1. The Balaban J connectivity index is 2.33. The molecular weight excluding hydrogens is 666 g/mol. The number of carbonyl (C=O) groups excluding carboxylic acids is 4. The molecule has 0 aromatic heterocycles. The van der Waals surface area contributed by atoms with Crippen molar-refractivity contribution < 1.29 is 43.7 Å². The molecule has 18 heteroatoms. The molecule has 0 radical (unpaired) electrons.